The van der Waals surface area contributed by atoms with Crippen LogP contribution in [0.4, 0.5) is 13.2 Å². The van der Waals surface area contributed by atoms with Crippen molar-refractivity contribution >= 4 is 0 Å². The van der Waals surface area contributed by atoms with E-state index in [1.165, 1.54) is 0 Å². The Balaban J connectivity index is 2.33. The zero-order valence-corrected chi connectivity index (χ0v) is 9.14. The second-order valence-electron chi connectivity index (χ2n) is 4.25. The Labute approximate surface area is 96.6 Å². The van der Waals surface area contributed by atoms with E-state index in [0.717, 1.165) is 19.3 Å². The van der Waals surface area contributed by atoms with Gasteiger partial charge in [-0.1, -0.05) is 6.42 Å². The summed E-state index contributed by atoms with van der Waals surface area (Å²) >= 11 is 0. The molecule has 3 nitrogen and oxygen atoms in total. The van der Waals surface area contributed by atoms with Crippen LogP contribution in [-0.2, 0) is 12.6 Å². The monoisotopic (exact) mass is 243 g/mol. The second-order valence-corrected chi connectivity index (χ2v) is 4.25. The zero-order valence-electron chi connectivity index (χ0n) is 9.14. The van der Waals surface area contributed by atoms with Crippen LogP contribution in [0.15, 0.2) is 0 Å². The number of nitrogens with zero attached hydrogens (tertiary/aromatic N) is 2. The van der Waals surface area contributed by atoms with Gasteiger partial charge in [0.15, 0.2) is 5.69 Å². The van der Waals surface area contributed by atoms with Crippen molar-refractivity contribution in [1.29, 1.82) is 5.26 Å². The van der Waals surface area contributed by atoms with Crippen LogP contribution in [0.2, 0.25) is 0 Å². The lowest BCUT2D eigenvalue weighted by Crippen LogP contribution is -2.13. The molecule has 0 saturated heterocycles. The van der Waals surface area contributed by atoms with Gasteiger partial charge in [-0.3, -0.25) is 5.10 Å². The average molecular weight is 243 g/mol. The summed E-state index contributed by atoms with van der Waals surface area (Å²) in [5.74, 6) is 0.160. The molecule has 1 aliphatic rings. The minimum atomic E-state index is -4.44. The van der Waals surface area contributed by atoms with E-state index in [4.69, 9.17) is 5.26 Å². The van der Waals surface area contributed by atoms with E-state index < -0.39 is 11.9 Å². The van der Waals surface area contributed by atoms with Crippen molar-refractivity contribution in [3.8, 4) is 6.07 Å². The lowest BCUT2D eigenvalue weighted by Gasteiger charge is -2.25. The maximum Gasteiger partial charge on any atom is 0.435 e. The molecule has 1 fully saturated rings. The van der Waals surface area contributed by atoms with Crippen LogP contribution in [-0.4, -0.2) is 10.2 Å². The summed E-state index contributed by atoms with van der Waals surface area (Å²) in [7, 11) is 0. The molecule has 1 aliphatic carbocycles. The molecule has 1 aromatic heterocycles. The summed E-state index contributed by atoms with van der Waals surface area (Å²) in [6, 6.07) is 1.88. The summed E-state index contributed by atoms with van der Waals surface area (Å²) in [6.07, 6.45) is -1.39. The van der Waals surface area contributed by atoms with Gasteiger partial charge >= 0.3 is 6.18 Å². The highest BCUT2D eigenvalue weighted by molar-refractivity contribution is 5.31. The fourth-order valence-corrected chi connectivity index (χ4v) is 2.08. The smallest absolute Gasteiger partial charge is 0.281 e. The maximum absolute atomic E-state index is 12.7. The lowest BCUT2D eigenvalue weighted by atomic mass is 9.80. The van der Waals surface area contributed by atoms with Crippen molar-refractivity contribution < 1.29 is 13.2 Å². The number of H-pyrrole nitrogens is 1. The van der Waals surface area contributed by atoms with Gasteiger partial charge < -0.3 is 0 Å². The molecule has 0 bridgehead atoms. The number of aromatic amines is 1. The van der Waals surface area contributed by atoms with Crippen molar-refractivity contribution in [3.63, 3.8) is 0 Å². The second kappa shape index (κ2) is 4.40. The quantitative estimate of drug-likeness (QED) is 0.886. The Bertz CT molecular complexity index is 438. The third-order valence-electron chi connectivity index (χ3n) is 3.17. The molecular weight excluding hydrogens is 231 g/mol. The van der Waals surface area contributed by atoms with E-state index in [2.05, 4.69) is 10.2 Å². The molecule has 0 aliphatic heterocycles. The fraction of sp³-hybridized carbons (Fsp3) is 0.636. The summed E-state index contributed by atoms with van der Waals surface area (Å²) in [6.45, 7) is 0. The molecule has 0 amide bonds. The van der Waals surface area contributed by atoms with E-state index in [-0.39, 0.29) is 24.3 Å². The topological polar surface area (TPSA) is 52.5 Å². The minimum absolute atomic E-state index is 0.0856. The molecule has 1 aromatic rings. The van der Waals surface area contributed by atoms with E-state index in [1.807, 2.05) is 6.07 Å². The Kier molecular flexibility index (Phi) is 3.09. The van der Waals surface area contributed by atoms with Gasteiger partial charge in [0.25, 0.3) is 0 Å². The predicted molar refractivity (Wildman–Crippen MR) is 54.1 cm³/mol. The van der Waals surface area contributed by atoms with Crippen LogP contribution >= 0.6 is 0 Å². The van der Waals surface area contributed by atoms with Gasteiger partial charge in [0.1, 0.15) is 0 Å². The average Bonchev–Trinajstić information content (AvgIpc) is 2.55. The molecule has 0 spiro atoms. The van der Waals surface area contributed by atoms with Crippen LogP contribution < -0.4 is 0 Å². The third-order valence-corrected chi connectivity index (χ3v) is 3.17. The van der Waals surface area contributed by atoms with Crippen LogP contribution in [0.25, 0.3) is 0 Å². The van der Waals surface area contributed by atoms with Gasteiger partial charge in [0.05, 0.1) is 6.07 Å². The Hall–Kier alpha value is -1.51. The molecule has 6 heteroatoms. The standard InChI is InChI=1S/C11H12F3N3/c12-11(13,14)10-8(5-2-6-15)9(16-17-10)7-3-1-4-7/h7H,1-5H2,(H,16,17). The molecule has 2 rings (SSSR count). The Morgan fingerprint density at radius 3 is 2.59 bits per heavy atom. The van der Waals surface area contributed by atoms with Gasteiger partial charge in [-0.05, 0) is 19.3 Å². The number of hydrogen-bond donors (Lipinski definition) is 1. The highest BCUT2D eigenvalue weighted by Gasteiger charge is 2.39. The number of rotatable bonds is 3. The van der Waals surface area contributed by atoms with Crippen molar-refractivity contribution in [1.82, 2.24) is 10.2 Å². The number of alkyl halides is 3. The molecule has 0 atom stereocenters. The third kappa shape index (κ3) is 2.28. The molecule has 1 saturated carbocycles. The van der Waals surface area contributed by atoms with Crippen LogP contribution in [0.5, 0.6) is 0 Å². The lowest BCUT2D eigenvalue weighted by molar-refractivity contribution is -0.141. The van der Waals surface area contributed by atoms with Crippen molar-refractivity contribution in [3.05, 3.63) is 17.0 Å². The zero-order chi connectivity index (χ0) is 12.5. The fourth-order valence-electron chi connectivity index (χ4n) is 2.08. The number of halogens is 3. The Morgan fingerprint density at radius 1 is 1.41 bits per heavy atom. The van der Waals surface area contributed by atoms with E-state index in [9.17, 15) is 13.2 Å². The van der Waals surface area contributed by atoms with Gasteiger partial charge in [0, 0.05) is 23.6 Å². The van der Waals surface area contributed by atoms with Crippen molar-refractivity contribution in [2.24, 2.45) is 0 Å². The van der Waals surface area contributed by atoms with E-state index >= 15 is 0 Å². The summed E-state index contributed by atoms with van der Waals surface area (Å²) in [5, 5.41) is 14.4. The first-order valence-electron chi connectivity index (χ1n) is 5.55. The molecule has 0 aromatic carbocycles. The molecule has 1 N–H and O–H groups in total. The van der Waals surface area contributed by atoms with E-state index in [0.29, 0.717) is 5.69 Å². The summed E-state index contributed by atoms with van der Waals surface area (Å²) < 4.78 is 38.1. The van der Waals surface area contributed by atoms with Crippen molar-refractivity contribution in [2.75, 3.05) is 0 Å². The van der Waals surface area contributed by atoms with Gasteiger partial charge in [-0.25, -0.2) is 0 Å². The molecular formula is C11H12F3N3. The van der Waals surface area contributed by atoms with Crippen LogP contribution in [0.1, 0.15) is 48.6 Å². The number of aromatic nitrogens is 2. The normalized spacial score (nSPS) is 16.6. The number of nitriles is 1. The first-order valence-corrected chi connectivity index (χ1v) is 5.55. The minimum Gasteiger partial charge on any atom is -0.281 e. The van der Waals surface area contributed by atoms with E-state index in [1.54, 1.807) is 0 Å². The largest absolute Gasteiger partial charge is 0.435 e. The number of hydrogen-bond acceptors (Lipinski definition) is 2. The highest BCUT2D eigenvalue weighted by atomic mass is 19.4. The first-order chi connectivity index (χ1) is 8.04. The molecule has 17 heavy (non-hydrogen) atoms. The molecule has 92 valence electrons. The first kappa shape index (κ1) is 12.0. The molecule has 0 radical (unpaired) electrons. The number of nitrogens with one attached hydrogen (secondary N) is 1. The van der Waals surface area contributed by atoms with Crippen molar-refractivity contribution in [2.45, 2.75) is 44.2 Å². The predicted octanol–water partition coefficient (Wildman–Crippen LogP) is 3.15. The van der Waals surface area contributed by atoms with Gasteiger partial charge in [0.2, 0.25) is 0 Å². The molecule has 1 heterocycles. The summed E-state index contributed by atoms with van der Waals surface area (Å²) in [5.41, 5.74) is -0.0859. The maximum atomic E-state index is 12.7. The Morgan fingerprint density at radius 2 is 2.12 bits per heavy atom. The highest BCUT2D eigenvalue weighted by Crippen LogP contribution is 2.41. The molecule has 0 unspecified atom stereocenters. The van der Waals surface area contributed by atoms with Gasteiger partial charge in [-0.15, -0.1) is 0 Å². The summed E-state index contributed by atoms with van der Waals surface area (Å²) in [4.78, 5) is 0. The van der Waals surface area contributed by atoms with Crippen LogP contribution in [0.3, 0.4) is 0 Å². The van der Waals surface area contributed by atoms with Gasteiger partial charge in [-0.2, -0.15) is 23.5 Å². The SMILES string of the molecule is N#CCCc1c(C(F)(F)F)n[nH]c1C1CCC1. The van der Waals surface area contributed by atoms with Crippen LogP contribution in [0, 0.1) is 11.3 Å².